The Labute approximate surface area is 180 Å². The van der Waals surface area contributed by atoms with Crippen molar-refractivity contribution in [2.75, 3.05) is 32.9 Å². The molecule has 2 amide bonds. The Balaban J connectivity index is 1.41. The van der Waals surface area contributed by atoms with Crippen molar-refractivity contribution in [1.29, 1.82) is 0 Å². The lowest BCUT2D eigenvalue weighted by Crippen LogP contribution is -2.42. The molecule has 30 heavy (non-hydrogen) atoms. The molecular formula is C22H25N3O4S. The summed E-state index contributed by atoms with van der Waals surface area (Å²) in [5, 5.41) is 3.76. The van der Waals surface area contributed by atoms with Gasteiger partial charge in [-0.2, -0.15) is 5.10 Å². The highest BCUT2D eigenvalue weighted by Crippen LogP contribution is 2.22. The number of carbonyl (C=O) groups excluding carboxylic acids is 2. The number of ether oxygens (including phenoxy) is 2. The molecule has 3 rings (SSSR count). The van der Waals surface area contributed by atoms with Gasteiger partial charge in [-0.15, -0.1) is 11.8 Å². The summed E-state index contributed by atoms with van der Waals surface area (Å²) < 4.78 is 10.8. The van der Waals surface area contributed by atoms with Crippen LogP contribution in [0, 0.1) is 0 Å². The van der Waals surface area contributed by atoms with Gasteiger partial charge < -0.3 is 14.4 Å². The molecule has 1 heterocycles. The number of morpholine rings is 1. The average molecular weight is 428 g/mol. The zero-order chi connectivity index (χ0) is 21.2. The van der Waals surface area contributed by atoms with E-state index in [1.54, 1.807) is 23.2 Å². The van der Waals surface area contributed by atoms with Gasteiger partial charge in [-0.25, -0.2) is 5.43 Å². The van der Waals surface area contributed by atoms with Gasteiger partial charge >= 0.3 is 0 Å². The van der Waals surface area contributed by atoms with Crippen molar-refractivity contribution in [2.45, 2.75) is 17.1 Å². The van der Waals surface area contributed by atoms with Gasteiger partial charge in [0.1, 0.15) is 5.75 Å². The van der Waals surface area contributed by atoms with E-state index < -0.39 is 0 Å². The Hall–Kier alpha value is -2.84. The second-order valence-corrected chi connectivity index (χ2v) is 8.07. The molecule has 0 bridgehead atoms. The zero-order valence-electron chi connectivity index (χ0n) is 16.8. The number of rotatable bonds is 8. The lowest BCUT2D eigenvalue weighted by molar-refractivity contribution is -0.137. The van der Waals surface area contributed by atoms with E-state index in [0.717, 1.165) is 10.5 Å². The lowest BCUT2D eigenvalue weighted by atomic mass is 10.2. The Morgan fingerprint density at radius 3 is 2.57 bits per heavy atom. The molecule has 8 heteroatoms. The maximum Gasteiger partial charge on any atom is 0.260 e. The van der Waals surface area contributed by atoms with Crippen molar-refractivity contribution in [1.82, 2.24) is 10.3 Å². The van der Waals surface area contributed by atoms with Gasteiger partial charge in [0.05, 0.1) is 24.7 Å². The van der Waals surface area contributed by atoms with Crippen LogP contribution in [-0.4, -0.2) is 61.1 Å². The first-order valence-electron chi connectivity index (χ1n) is 9.75. The van der Waals surface area contributed by atoms with Gasteiger partial charge in [0.2, 0.25) is 0 Å². The predicted octanol–water partition coefficient (Wildman–Crippen LogP) is 2.56. The van der Waals surface area contributed by atoms with Crippen LogP contribution in [0.25, 0.3) is 0 Å². The van der Waals surface area contributed by atoms with Crippen LogP contribution in [0.1, 0.15) is 12.5 Å². The summed E-state index contributed by atoms with van der Waals surface area (Å²) in [7, 11) is 0. The summed E-state index contributed by atoms with van der Waals surface area (Å²) in [6, 6.07) is 16.9. The maximum atomic E-state index is 12.2. The van der Waals surface area contributed by atoms with Crippen LogP contribution in [0.5, 0.6) is 5.75 Å². The molecule has 1 fully saturated rings. The number of carbonyl (C=O) groups is 2. The fraction of sp³-hybridized carbons (Fsp3) is 0.318. The minimum atomic E-state index is -0.260. The normalized spacial score (nSPS) is 15.0. The number of hydrazone groups is 1. The van der Waals surface area contributed by atoms with Crippen molar-refractivity contribution < 1.29 is 19.1 Å². The quantitative estimate of drug-likeness (QED) is 0.398. The highest BCUT2D eigenvalue weighted by atomic mass is 32.2. The van der Waals surface area contributed by atoms with Crippen molar-refractivity contribution in [2.24, 2.45) is 5.10 Å². The fourth-order valence-electron chi connectivity index (χ4n) is 2.72. The molecule has 2 aromatic rings. The number of thioether (sulfide) groups is 1. The number of nitrogens with zero attached hydrogens (tertiary/aromatic N) is 2. The number of nitrogens with one attached hydrogen (secondary N) is 1. The van der Waals surface area contributed by atoms with E-state index in [-0.39, 0.29) is 23.7 Å². The number of hydrogen-bond acceptors (Lipinski definition) is 6. The average Bonchev–Trinajstić information content (AvgIpc) is 2.79. The first-order valence-corrected chi connectivity index (χ1v) is 10.6. The molecule has 7 nitrogen and oxygen atoms in total. The van der Waals surface area contributed by atoms with E-state index >= 15 is 0 Å². The molecular weight excluding hydrogens is 402 g/mol. The third-order valence-electron chi connectivity index (χ3n) is 4.42. The van der Waals surface area contributed by atoms with Crippen molar-refractivity contribution in [3.05, 3.63) is 60.2 Å². The van der Waals surface area contributed by atoms with Crippen molar-refractivity contribution >= 4 is 29.8 Å². The third-order valence-corrected chi connectivity index (χ3v) is 5.53. The fourth-order valence-corrected chi connectivity index (χ4v) is 3.60. The van der Waals surface area contributed by atoms with Crippen LogP contribution >= 0.6 is 11.8 Å². The summed E-state index contributed by atoms with van der Waals surface area (Å²) in [6.07, 6.45) is 1.57. The zero-order valence-corrected chi connectivity index (χ0v) is 17.6. The van der Waals surface area contributed by atoms with Gasteiger partial charge in [0.15, 0.2) is 6.61 Å². The van der Waals surface area contributed by atoms with Gasteiger partial charge in [0.25, 0.3) is 11.8 Å². The van der Waals surface area contributed by atoms with Crippen LogP contribution in [0.3, 0.4) is 0 Å². The molecule has 0 saturated carbocycles. The van der Waals surface area contributed by atoms with Gasteiger partial charge in [-0.05, 0) is 48.9 Å². The second kappa shape index (κ2) is 11.4. The van der Waals surface area contributed by atoms with Crippen LogP contribution in [0.4, 0.5) is 0 Å². The van der Waals surface area contributed by atoms with Crippen LogP contribution in [0.15, 0.2) is 64.6 Å². The highest BCUT2D eigenvalue weighted by molar-refractivity contribution is 8.00. The van der Waals surface area contributed by atoms with E-state index in [1.165, 1.54) is 11.8 Å². The van der Waals surface area contributed by atoms with Crippen LogP contribution < -0.4 is 10.2 Å². The van der Waals surface area contributed by atoms with Crippen molar-refractivity contribution in [3.8, 4) is 5.75 Å². The van der Waals surface area contributed by atoms with E-state index in [2.05, 4.69) is 10.5 Å². The van der Waals surface area contributed by atoms with E-state index in [0.29, 0.717) is 32.1 Å². The smallest absolute Gasteiger partial charge is 0.260 e. The van der Waals surface area contributed by atoms with Crippen LogP contribution in [0.2, 0.25) is 0 Å². The standard InChI is InChI=1S/C22H25N3O4S/c1-17(30-20-5-3-2-4-6-20)22(27)24-23-15-18-7-9-19(10-8-18)29-16-21(26)25-11-13-28-14-12-25/h2-10,15,17H,11-14,16H2,1H3,(H,24,27)/b23-15-/t17-/m1/s1. The van der Waals surface area contributed by atoms with Gasteiger partial charge in [0, 0.05) is 18.0 Å². The molecule has 158 valence electrons. The van der Waals surface area contributed by atoms with Gasteiger partial charge in [-0.3, -0.25) is 9.59 Å². The summed E-state index contributed by atoms with van der Waals surface area (Å²) in [6.45, 7) is 4.19. The molecule has 1 N–H and O–H groups in total. The SMILES string of the molecule is C[C@@H](Sc1ccccc1)C(=O)N/N=C\c1ccc(OCC(=O)N2CCOCC2)cc1. The van der Waals surface area contributed by atoms with E-state index in [4.69, 9.17) is 9.47 Å². The number of amides is 2. The number of hydrogen-bond donors (Lipinski definition) is 1. The maximum absolute atomic E-state index is 12.2. The molecule has 0 radical (unpaired) electrons. The minimum absolute atomic E-state index is 0.000459. The summed E-state index contributed by atoms with van der Waals surface area (Å²) >= 11 is 1.48. The predicted molar refractivity (Wildman–Crippen MR) is 117 cm³/mol. The molecule has 0 unspecified atom stereocenters. The molecule has 0 aliphatic carbocycles. The molecule has 1 aliphatic heterocycles. The topological polar surface area (TPSA) is 80.2 Å². The Kier molecular flexibility index (Phi) is 8.29. The minimum Gasteiger partial charge on any atom is -0.484 e. The summed E-state index contributed by atoms with van der Waals surface area (Å²) in [5.74, 6) is 0.390. The Bertz CT molecular complexity index is 852. The number of benzene rings is 2. The van der Waals surface area contributed by atoms with E-state index in [1.807, 2.05) is 49.4 Å². The van der Waals surface area contributed by atoms with Gasteiger partial charge in [-0.1, -0.05) is 18.2 Å². The second-order valence-electron chi connectivity index (χ2n) is 6.66. The molecule has 0 spiro atoms. The largest absolute Gasteiger partial charge is 0.484 e. The third kappa shape index (κ3) is 6.89. The molecule has 0 aromatic heterocycles. The summed E-state index contributed by atoms with van der Waals surface area (Å²) in [5.41, 5.74) is 3.37. The first kappa shape index (κ1) is 21.9. The van der Waals surface area contributed by atoms with Crippen molar-refractivity contribution in [3.63, 3.8) is 0 Å². The highest BCUT2D eigenvalue weighted by Gasteiger charge is 2.17. The van der Waals surface area contributed by atoms with Crippen LogP contribution in [-0.2, 0) is 14.3 Å². The monoisotopic (exact) mass is 427 g/mol. The summed E-state index contributed by atoms with van der Waals surface area (Å²) in [4.78, 5) is 27.0. The molecule has 1 atom stereocenters. The Morgan fingerprint density at radius 1 is 1.17 bits per heavy atom. The van der Waals surface area contributed by atoms with E-state index in [9.17, 15) is 9.59 Å². The molecule has 1 aliphatic rings. The first-order chi connectivity index (χ1) is 14.6. The lowest BCUT2D eigenvalue weighted by Gasteiger charge is -2.26. The molecule has 1 saturated heterocycles. The Morgan fingerprint density at radius 2 is 1.87 bits per heavy atom. The molecule has 2 aromatic carbocycles.